The zero-order valence-corrected chi connectivity index (χ0v) is 28.7. The number of aliphatic imine (C=N–C) groups is 3. The molecule has 1 rings (SSSR count). The zero-order valence-electron chi connectivity index (χ0n) is 27.1. The van der Waals surface area contributed by atoms with Crippen LogP contribution in [0.4, 0.5) is 0 Å². The Hall–Kier alpha value is -3.65. The second-order valence-electron chi connectivity index (χ2n) is 10.8. The summed E-state index contributed by atoms with van der Waals surface area (Å²) in [6, 6.07) is -0.858. The average Bonchev–Trinajstić information content (AvgIpc) is 3.53. The fraction of sp³-hybridized carbons (Fsp3) is 0.741. The Morgan fingerprint density at radius 1 is 0.681 bits per heavy atom. The van der Waals surface area contributed by atoms with E-state index in [0.29, 0.717) is 37.5 Å². The first-order chi connectivity index (χ1) is 22.5. The van der Waals surface area contributed by atoms with E-state index in [0.717, 1.165) is 19.3 Å². The predicted octanol–water partition coefficient (Wildman–Crippen LogP) is -3.17. The molecule has 0 aromatic carbocycles. The van der Waals surface area contributed by atoms with Gasteiger partial charge in [-0.1, -0.05) is 28.0 Å². The van der Waals surface area contributed by atoms with Crippen molar-refractivity contribution in [3.05, 3.63) is 0 Å². The van der Waals surface area contributed by atoms with Crippen LogP contribution >= 0.6 is 21.6 Å². The van der Waals surface area contributed by atoms with Gasteiger partial charge in [0.25, 0.3) is 0 Å². The molecule has 1 heterocycles. The second kappa shape index (κ2) is 25.4. The highest BCUT2D eigenvalue weighted by Crippen LogP contribution is 2.39. The summed E-state index contributed by atoms with van der Waals surface area (Å²) in [5.41, 5.74) is 32.1. The number of hydrogen-bond donors (Lipinski definition) is 10. The lowest BCUT2D eigenvalue weighted by Gasteiger charge is -2.30. The lowest BCUT2D eigenvalue weighted by Crippen LogP contribution is -2.53. The lowest BCUT2D eigenvalue weighted by atomic mass is 10.1. The van der Waals surface area contributed by atoms with Crippen LogP contribution in [0.15, 0.2) is 15.0 Å². The Bertz CT molecular complexity index is 1010. The number of unbranched alkanes of at least 4 members (excludes halogenated alkanes) is 2. The summed E-state index contributed by atoms with van der Waals surface area (Å²) in [5.74, 6) is -0.379. The minimum atomic E-state index is -0.858. The predicted molar refractivity (Wildman–Crippen MR) is 190 cm³/mol. The molecule has 0 radical (unpaired) electrons. The first kappa shape index (κ1) is 41.4. The number of nitrogens with zero attached hydrogens (tertiary/aromatic N) is 4. The number of carbonyl (C=O) groups is 4. The Morgan fingerprint density at radius 3 is 1.72 bits per heavy atom. The number of guanidine groups is 3. The van der Waals surface area contributed by atoms with Crippen molar-refractivity contribution >= 4 is 63.1 Å². The van der Waals surface area contributed by atoms with Crippen molar-refractivity contribution in [2.45, 2.75) is 62.7 Å². The normalized spacial score (nSPS) is 14.4. The number of rotatable bonds is 25. The van der Waals surface area contributed by atoms with Crippen molar-refractivity contribution in [1.29, 1.82) is 0 Å². The quantitative estimate of drug-likeness (QED) is 0.0194. The zero-order chi connectivity index (χ0) is 34.9. The molecule has 0 aromatic rings. The molecule has 2 atom stereocenters. The van der Waals surface area contributed by atoms with Gasteiger partial charge < -0.3 is 55.7 Å². The molecule has 2 unspecified atom stereocenters. The molecule has 268 valence electrons. The van der Waals surface area contributed by atoms with Gasteiger partial charge in [-0.2, -0.15) is 0 Å². The average molecular weight is 703 g/mol. The molecule has 16 N–H and O–H groups in total. The maximum atomic E-state index is 13.4. The van der Waals surface area contributed by atoms with Gasteiger partial charge >= 0.3 is 0 Å². The molecule has 0 bridgehead atoms. The summed E-state index contributed by atoms with van der Waals surface area (Å²) in [7, 11) is 3.87. The fourth-order valence-corrected chi connectivity index (χ4v) is 7.51. The monoisotopic (exact) mass is 702 g/mol. The van der Waals surface area contributed by atoms with E-state index in [1.807, 2.05) is 21.6 Å². The second-order valence-corrected chi connectivity index (χ2v) is 13.5. The van der Waals surface area contributed by atoms with E-state index >= 15 is 0 Å². The van der Waals surface area contributed by atoms with E-state index in [1.165, 1.54) is 17.1 Å². The largest absolute Gasteiger partial charge is 0.370 e. The highest BCUT2D eigenvalue weighted by atomic mass is 33.1. The Kier molecular flexibility index (Phi) is 22.4. The third kappa shape index (κ3) is 22.5. The summed E-state index contributed by atoms with van der Waals surface area (Å²) in [4.78, 5) is 64.4. The van der Waals surface area contributed by atoms with Crippen LogP contribution in [0.3, 0.4) is 0 Å². The summed E-state index contributed by atoms with van der Waals surface area (Å²) in [6.07, 6.45) is 6.19. The van der Waals surface area contributed by atoms with E-state index in [-0.39, 0.29) is 76.1 Å². The molecule has 47 heavy (non-hydrogen) atoms. The van der Waals surface area contributed by atoms with E-state index < -0.39 is 23.8 Å². The highest BCUT2D eigenvalue weighted by molar-refractivity contribution is 8.77. The van der Waals surface area contributed by atoms with Crippen LogP contribution in [-0.4, -0.2) is 122 Å². The van der Waals surface area contributed by atoms with Gasteiger partial charge in [0.2, 0.25) is 23.6 Å². The Balaban J connectivity index is 2.81. The van der Waals surface area contributed by atoms with Crippen molar-refractivity contribution < 1.29 is 19.2 Å². The minimum Gasteiger partial charge on any atom is -0.370 e. The van der Waals surface area contributed by atoms with E-state index in [9.17, 15) is 19.2 Å². The molecule has 1 fully saturated rings. The third-order valence-corrected chi connectivity index (χ3v) is 9.74. The van der Waals surface area contributed by atoms with E-state index in [2.05, 4.69) is 36.2 Å². The van der Waals surface area contributed by atoms with Crippen LogP contribution in [-0.2, 0) is 19.2 Å². The van der Waals surface area contributed by atoms with E-state index in [1.54, 1.807) is 0 Å². The smallest absolute Gasteiger partial charge is 0.237 e. The van der Waals surface area contributed by atoms with Crippen LogP contribution in [0.25, 0.3) is 0 Å². The van der Waals surface area contributed by atoms with Crippen molar-refractivity contribution in [1.82, 2.24) is 26.2 Å². The molecule has 0 spiro atoms. The van der Waals surface area contributed by atoms with Crippen molar-refractivity contribution in [2.24, 2.45) is 49.4 Å². The van der Waals surface area contributed by atoms with Crippen molar-refractivity contribution in [3.8, 4) is 0 Å². The molecule has 20 heteroatoms. The fourth-order valence-electron chi connectivity index (χ4n) is 4.48. The summed E-state index contributed by atoms with van der Waals surface area (Å²) >= 11 is 0. The maximum absolute atomic E-state index is 13.4. The molecule has 1 aliphatic rings. The third-order valence-electron chi connectivity index (χ3n) is 6.73. The molecule has 0 aromatic heterocycles. The first-order valence-electron chi connectivity index (χ1n) is 15.7. The van der Waals surface area contributed by atoms with Gasteiger partial charge in [-0.25, -0.2) is 0 Å². The van der Waals surface area contributed by atoms with Crippen LogP contribution < -0.4 is 55.7 Å². The van der Waals surface area contributed by atoms with Crippen molar-refractivity contribution in [3.63, 3.8) is 0 Å². The number of carbonyl (C=O) groups excluding carboxylic acids is 4. The first-order valence-corrected chi connectivity index (χ1v) is 18.1. The summed E-state index contributed by atoms with van der Waals surface area (Å²) < 4.78 is 0. The molecule has 1 saturated heterocycles. The minimum absolute atomic E-state index is 0.00361. The summed E-state index contributed by atoms with van der Waals surface area (Å²) in [5, 5.41) is 11.8. The Morgan fingerprint density at radius 2 is 1.21 bits per heavy atom. The van der Waals surface area contributed by atoms with Crippen LogP contribution in [0.2, 0.25) is 0 Å². The topological polar surface area (TPSA) is 313 Å². The van der Waals surface area contributed by atoms with Gasteiger partial charge in [0, 0.05) is 43.6 Å². The van der Waals surface area contributed by atoms with Gasteiger partial charge in [0.15, 0.2) is 17.9 Å². The van der Waals surface area contributed by atoms with Gasteiger partial charge in [-0.15, -0.1) is 0 Å². The maximum Gasteiger partial charge on any atom is 0.237 e. The lowest BCUT2D eigenvalue weighted by molar-refractivity contribution is -0.131. The van der Waals surface area contributed by atoms with Gasteiger partial charge in [0.1, 0.15) is 0 Å². The molecule has 1 aliphatic heterocycles. The van der Waals surface area contributed by atoms with E-state index in [4.69, 9.17) is 34.4 Å². The molecular weight excluding hydrogens is 649 g/mol. The molecule has 0 aliphatic carbocycles. The number of amides is 4. The number of hydrogen-bond acceptors (Lipinski definition) is 10. The van der Waals surface area contributed by atoms with Gasteiger partial charge in [0.05, 0.1) is 38.8 Å². The van der Waals surface area contributed by atoms with Crippen molar-refractivity contribution in [2.75, 3.05) is 64.7 Å². The highest BCUT2D eigenvalue weighted by Gasteiger charge is 2.29. The summed E-state index contributed by atoms with van der Waals surface area (Å²) in [6.45, 7) is 0.868. The van der Waals surface area contributed by atoms with Crippen LogP contribution in [0.1, 0.15) is 51.4 Å². The standard InChI is InChI=1S/C27H54N14O4S2/c28-25(29)38-13-10-35-22(43)17-41(18-23(44)36-11-14-39-26(30)31)20(24(45)37-12-15-40-27(32)33)6-3-4-9-34-21(42)7-2-1-5-19-8-16-46-47-19/h19-20H,1-18H2,(H,34,42)(H,35,43)(H,36,44)(H,37,45)(H4,28,29,38)(H4,30,31,39)(H4,32,33,40). The molecule has 0 saturated carbocycles. The number of nitrogens with two attached hydrogens (primary N) is 6. The van der Waals surface area contributed by atoms with Crippen LogP contribution in [0, 0.1) is 0 Å². The molecule has 18 nitrogen and oxygen atoms in total. The Labute approximate surface area is 284 Å². The molecular formula is C27H54N14O4S2. The van der Waals surface area contributed by atoms with Gasteiger partial charge in [-0.3, -0.25) is 39.1 Å². The van der Waals surface area contributed by atoms with Gasteiger partial charge in [-0.05, 0) is 38.5 Å². The van der Waals surface area contributed by atoms with Crippen LogP contribution in [0.5, 0.6) is 0 Å². The SMILES string of the molecule is NC(N)=NCCNC(=O)CN(CC(=O)NCCN=C(N)N)C(CCCCNC(=O)CCCCC1CCSS1)C(=O)NCCN=C(N)N. The molecule has 4 amide bonds. The number of nitrogens with one attached hydrogen (secondary N) is 4.